The predicted octanol–water partition coefficient (Wildman–Crippen LogP) is 3.07. The summed E-state index contributed by atoms with van der Waals surface area (Å²) in [4.78, 5) is 8.48. The number of thiophene rings is 1. The van der Waals surface area contributed by atoms with Crippen LogP contribution in [0.3, 0.4) is 0 Å². The van der Waals surface area contributed by atoms with E-state index in [9.17, 15) is 5.11 Å². The maximum atomic E-state index is 9.64. The second-order valence-corrected chi connectivity index (χ2v) is 7.20. The van der Waals surface area contributed by atoms with Crippen molar-refractivity contribution in [2.45, 2.75) is 45.1 Å². The molecule has 2 N–H and O–H groups in total. The molecular weight excluding hydrogens is 409 g/mol. The fourth-order valence-electron chi connectivity index (χ4n) is 2.52. The van der Waals surface area contributed by atoms with Gasteiger partial charge in [0.05, 0.1) is 12.6 Å². The number of hydrogen-bond donors (Lipinski definition) is 2. The maximum absolute atomic E-state index is 9.64. The molecule has 1 aromatic heterocycles. The van der Waals surface area contributed by atoms with Gasteiger partial charge in [-0.25, -0.2) is 0 Å². The number of guanidine groups is 1. The summed E-state index contributed by atoms with van der Waals surface area (Å²) in [6.07, 6.45) is 1.52. The molecule has 0 bridgehead atoms. The number of likely N-dealkylation sites (tertiary alicyclic amines) is 1. The van der Waals surface area contributed by atoms with Crippen LogP contribution in [0.2, 0.25) is 0 Å². The monoisotopic (exact) mass is 437 g/mol. The molecule has 1 aliphatic heterocycles. The lowest BCUT2D eigenvalue weighted by Crippen LogP contribution is -2.47. The van der Waals surface area contributed by atoms with E-state index in [0.717, 1.165) is 45.0 Å². The number of aliphatic hydroxyl groups excluding tert-OH is 1. The molecule has 4 nitrogen and oxygen atoms in total. The minimum absolute atomic E-state index is 0. The van der Waals surface area contributed by atoms with Gasteiger partial charge in [-0.05, 0) is 31.2 Å². The van der Waals surface area contributed by atoms with Crippen molar-refractivity contribution in [1.29, 1.82) is 0 Å². The number of hydrogen-bond acceptors (Lipinski definition) is 3. The van der Waals surface area contributed by atoms with Gasteiger partial charge in [0, 0.05) is 29.9 Å². The molecule has 1 saturated heterocycles. The quantitative estimate of drug-likeness (QED) is 0.433. The lowest BCUT2D eigenvalue weighted by molar-refractivity contribution is 0.108. The number of nitrogens with one attached hydrogen (secondary N) is 1. The Hall–Kier alpha value is -0.340. The van der Waals surface area contributed by atoms with Gasteiger partial charge in [0.1, 0.15) is 0 Å². The summed E-state index contributed by atoms with van der Waals surface area (Å²) in [5.41, 5.74) is 0.0597. The SMILES string of the molecule is CCNC(=NCC(C)(C)c1cccs1)N1CCC(O)CC1.I. The number of aliphatic imine (C=N–C) groups is 1. The van der Waals surface area contributed by atoms with Crippen molar-refractivity contribution in [2.75, 3.05) is 26.2 Å². The first-order valence-corrected chi connectivity index (χ1v) is 8.66. The fourth-order valence-corrected chi connectivity index (χ4v) is 3.36. The first-order valence-electron chi connectivity index (χ1n) is 7.78. The molecule has 1 aliphatic rings. The summed E-state index contributed by atoms with van der Waals surface area (Å²) in [6, 6.07) is 4.28. The number of rotatable bonds is 4. The third-order valence-corrected chi connectivity index (χ3v) is 5.15. The highest BCUT2D eigenvalue weighted by molar-refractivity contribution is 14.0. The third-order valence-electron chi connectivity index (χ3n) is 3.91. The van der Waals surface area contributed by atoms with Crippen molar-refractivity contribution in [3.8, 4) is 0 Å². The van der Waals surface area contributed by atoms with Gasteiger partial charge in [-0.3, -0.25) is 4.99 Å². The Balaban J connectivity index is 0.00000242. The van der Waals surface area contributed by atoms with Gasteiger partial charge < -0.3 is 15.3 Å². The third kappa shape index (κ3) is 5.38. The highest BCUT2D eigenvalue weighted by Gasteiger charge is 2.23. The van der Waals surface area contributed by atoms with Crippen LogP contribution in [0.15, 0.2) is 22.5 Å². The van der Waals surface area contributed by atoms with Crippen molar-refractivity contribution in [1.82, 2.24) is 10.2 Å². The maximum Gasteiger partial charge on any atom is 0.193 e. The number of aliphatic hydroxyl groups is 1. The largest absolute Gasteiger partial charge is 0.393 e. The molecule has 2 heterocycles. The van der Waals surface area contributed by atoms with Gasteiger partial charge in [0.25, 0.3) is 0 Å². The zero-order valence-electron chi connectivity index (χ0n) is 13.7. The summed E-state index contributed by atoms with van der Waals surface area (Å²) in [6.45, 7) is 9.99. The van der Waals surface area contributed by atoms with Crippen LogP contribution in [0, 0.1) is 0 Å². The molecule has 0 unspecified atom stereocenters. The molecule has 0 spiro atoms. The van der Waals surface area contributed by atoms with E-state index in [2.05, 4.69) is 48.5 Å². The topological polar surface area (TPSA) is 47.9 Å². The molecular formula is C16H28IN3OS. The molecule has 22 heavy (non-hydrogen) atoms. The smallest absolute Gasteiger partial charge is 0.193 e. The first kappa shape index (κ1) is 19.7. The molecule has 1 aromatic rings. The van der Waals surface area contributed by atoms with Crippen molar-refractivity contribution in [2.24, 2.45) is 4.99 Å². The predicted molar refractivity (Wildman–Crippen MR) is 106 cm³/mol. The van der Waals surface area contributed by atoms with Crippen LogP contribution in [0.25, 0.3) is 0 Å². The summed E-state index contributed by atoms with van der Waals surface area (Å²) >= 11 is 1.79. The summed E-state index contributed by atoms with van der Waals surface area (Å²) in [7, 11) is 0. The average Bonchev–Trinajstić information content (AvgIpc) is 2.99. The van der Waals surface area contributed by atoms with Gasteiger partial charge in [-0.1, -0.05) is 19.9 Å². The van der Waals surface area contributed by atoms with E-state index in [-0.39, 0.29) is 35.5 Å². The normalized spacial score (nSPS) is 17.3. The number of piperidine rings is 1. The Morgan fingerprint density at radius 1 is 1.45 bits per heavy atom. The van der Waals surface area contributed by atoms with Crippen LogP contribution in [-0.2, 0) is 5.41 Å². The molecule has 126 valence electrons. The second-order valence-electron chi connectivity index (χ2n) is 6.25. The highest BCUT2D eigenvalue weighted by atomic mass is 127. The summed E-state index contributed by atoms with van der Waals surface area (Å²) in [5, 5.41) is 15.1. The minimum atomic E-state index is -0.147. The Morgan fingerprint density at radius 2 is 2.14 bits per heavy atom. The molecule has 0 amide bonds. The van der Waals surface area contributed by atoms with Gasteiger partial charge in [0.2, 0.25) is 0 Å². The van der Waals surface area contributed by atoms with Gasteiger partial charge in [-0.15, -0.1) is 35.3 Å². The van der Waals surface area contributed by atoms with Crippen LogP contribution >= 0.6 is 35.3 Å². The Labute approximate surface area is 155 Å². The average molecular weight is 437 g/mol. The molecule has 1 fully saturated rings. The zero-order chi connectivity index (χ0) is 15.3. The van der Waals surface area contributed by atoms with Crippen molar-refractivity contribution in [3.05, 3.63) is 22.4 Å². The van der Waals surface area contributed by atoms with Crippen molar-refractivity contribution in [3.63, 3.8) is 0 Å². The fraction of sp³-hybridized carbons (Fsp3) is 0.688. The van der Waals surface area contributed by atoms with Crippen molar-refractivity contribution < 1.29 is 5.11 Å². The number of halogens is 1. The highest BCUT2D eigenvalue weighted by Crippen LogP contribution is 2.27. The lowest BCUT2D eigenvalue weighted by Gasteiger charge is -2.33. The van der Waals surface area contributed by atoms with Crippen LogP contribution in [0.4, 0.5) is 0 Å². The molecule has 0 aliphatic carbocycles. The second kappa shape index (κ2) is 9.08. The van der Waals surface area contributed by atoms with E-state index in [0.29, 0.717) is 0 Å². The van der Waals surface area contributed by atoms with E-state index in [1.807, 2.05) is 0 Å². The Kier molecular flexibility index (Phi) is 8.13. The van der Waals surface area contributed by atoms with Crippen molar-refractivity contribution >= 4 is 41.3 Å². The van der Waals surface area contributed by atoms with E-state index >= 15 is 0 Å². The standard InChI is InChI=1S/C16H27N3OS.HI/c1-4-17-15(19-9-7-13(20)8-10-19)18-12-16(2,3)14-6-5-11-21-14;/h5-6,11,13,20H,4,7-10,12H2,1-3H3,(H,17,18);1H. The molecule has 2 rings (SSSR count). The van der Waals surface area contributed by atoms with Crippen LogP contribution < -0.4 is 5.32 Å². The van der Waals surface area contributed by atoms with E-state index in [1.165, 1.54) is 4.88 Å². The zero-order valence-corrected chi connectivity index (χ0v) is 16.9. The van der Waals surface area contributed by atoms with E-state index in [4.69, 9.17) is 4.99 Å². The summed E-state index contributed by atoms with van der Waals surface area (Å²) in [5.74, 6) is 0.981. The van der Waals surface area contributed by atoms with Gasteiger partial charge >= 0.3 is 0 Å². The Morgan fingerprint density at radius 3 is 2.68 bits per heavy atom. The molecule has 0 aromatic carbocycles. The molecule has 0 radical (unpaired) electrons. The molecule has 6 heteroatoms. The molecule has 0 saturated carbocycles. The Bertz CT molecular complexity index is 454. The first-order chi connectivity index (χ1) is 10.0. The number of nitrogens with zero attached hydrogens (tertiary/aromatic N) is 2. The molecule has 0 atom stereocenters. The minimum Gasteiger partial charge on any atom is -0.393 e. The van der Waals surface area contributed by atoms with Gasteiger partial charge in [0.15, 0.2) is 5.96 Å². The lowest BCUT2D eigenvalue weighted by atomic mass is 9.92. The van der Waals surface area contributed by atoms with E-state index < -0.39 is 0 Å². The summed E-state index contributed by atoms with van der Waals surface area (Å²) < 4.78 is 0. The van der Waals surface area contributed by atoms with Crippen LogP contribution in [0.5, 0.6) is 0 Å². The van der Waals surface area contributed by atoms with E-state index in [1.54, 1.807) is 11.3 Å². The van der Waals surface area contributed by atoms with Crippen LogP contribution in [-0.4, -0.2) is 48.2 Å². The van der Waals surface area contributed by atoms with Crippen LogP contribution in [0.1, 0.15) is 38.5 Å². The van der Waals surface area contributed by atoms with Gasteiger partial charge in [-0.2, -0.15) is 0 Å².